The molecule has 0 radical (unpaired) electrons. The molecule has 1 unspecified atom stereocenters. The molecule has 0 aliphatic rings. The maximum absolute atomic E-state index is 11.6. The van der Waals surface area contributed by atoms with Gasteiger partial charge in [0, 0.05) is 18.9 Å². The van der Waals surface area contributed by atoms with E-state index in [4.69, 9.17) is 0 Å². The maximum Gasteiger partial charge on any atom is 0.173 e. The van der Waals surface area contributed by atoms with E-state index in [1.807, 2.05) is 79.2 Å². The molecule has 3 nitrogen and oxygen atoms in total. The first kappa shape index (κ1) is 14.5. The smallest absolute Gasteiger partial charge is 0.173 e. The first-order chi connectivity index (χ1) is 10.7. The van der Waals surface area contributed by atoms with Crippen LogP contribution in [-0.4, -0.2) is 14.7 Å². The number of hydrogen-bond acceptors (Lipinski definition) is 2. The molecule has 0 aliphatic heterocycles. The van der Waals surface area contributed by atoms with Gasteiger partial charge in [-0.15, -0.1) is 0 Å². The van der Waals surface area contributed by atoms with Gasteiger partial charge in [0.05, 0.1) is 0 Å². The van der Waals surface area contributed by atoms with Crippen LogP contribution in [-0.2, 0) is 12.1 Å². The number of aromatic nitrogens is 2. The average molecular weight is 292 g/mol. The Morgan fingerprint density at radius 3 is 2.27 bits per heavy atom. The first-order valence-electron chi connectivity index (χ1n) is 7.53. The van der Waals surface area contributed by atoms with Gasteiger partial charge in [0.1, 0.15) is 5.82 Å². The van der Waals surface area contributed by atoms with Crippen LogP contribution < -0.4 is 0 Å². The van der Waals surface area contributed by atoms with Crippen LogP contribution in [0.1, 0.15) is 29.4 Å². The number of aryl methyl sites for hydroxylation is 2. The highest BCUT2D eigenvalue weighted by molar-refractivity contribution is 5.43. The van der Waals surface area contributed by atoms with Gasteiger partial charge in [-0.3, -0.25) is 0 Å². The van der Waals surface area contributed by atoms with Crippen molar-refractivity contribution in [3.8, 4) is 0 Å². The Morgan fingerprint density at radius 1 is 1.00 bits per heavy atom. The molecule has 1 heterocycles. The van der Waals surface area contributed by atoms with E-state index in [1.165, 1.54) is 0 Å². The van der Waals surface area contributed by atoms with Crippen molar-refractivity contribution in [3.05, 3.63) is 89.5 Å². The topological polar surface area (TPSA) is 38.0 Å². The molecule has 0 saturated heterocycles. The van der Waals surface area contributed by atoms with Crippen molar-refractivity contribution in [1.29, 1.82) is 0 Å². The number of benzene rings is 2. The lowest BCUT2D eigenvalue weighted by molar-refractivity contribution is 0.111. The Labute approximate surface area is 130 Å². The number of aliphatic hydroxyl groups is 1. The first-order valence-corrected chi connectivity index (χ1v) is 7.53. The summed E-state index contributed by atoms with van der Waals surface area (Å²) in [4.78, 5) is 4.45. The summed E-state index contributed by atoms with van der Waals surface area (Å²) in [7, 11) is 0. The van der Waals surface area contributed by atoms with Gasteiger partial charge in [-0.25, -0.2) is 4.98 Å². The van der Waals surface area contributed by atoms with Crippen molar-refractivity contribution in [2.24, 2.45) is 0 Å². The lowest BCUT2D eigenvalue weighted by Gasteiger charge is -2.29. The second-order valence-electron chi connectivity index (χ2n) is 5.48. The molecule has 0 bridgehead atoms. The van der Waals surface area contributed by atoms with Gasteiger partial charge in [0.25, 0.3) is 0 Å². The van der Waals surface area contributed by atoms with Crippen molar-refractivity contribution in [1.82, 2.24) is 9.55 Å². The van der Waals surface area contributed by atoms with Crippen LogP contribution in [0.3, 0.4) is 0 Å². The average Bonchev–Trinajstić information content (AvgIpc) is 3.05. The van der Waals surface area contributed by atoms with Crippen molar-refractivity contribution in [2.75, 3.05) is 0 Å². The van der Waals surface area contributed by atoms with Gasteiger partial charge in [-0.1, -0.05) is 60.2 Å². The normalized spacial score (nSPS) is 13.8. The van der Waals surface area contributed by atoms with E-state index in [2.05, 4.69) is 4.98 Å². The summed E-state index contributed by atoms with van der Waals surface area (Å²) in [5, 5.41) is 11.6. The zero-order valence-corrected chi connectivity index (χ0v) is 12.9. The molecular weight excluding hydrogens is 272 g/mol. The minimum atomic E-state index is -1.26. The minimum absolute atomic E-state index is 0.644. The van der Waals surface area contributed by atoms with Crippen LogP contribution in [0.15, 0.2) is 67.0 Å². The van der Waals surface area contributed by atoms with Crippen molar-refractivity contribution < 1.29 is 5.11 Å². The SMILES string of the molecule is CCn1ccnc1C(O)(c1ccccc1)c1ccc(C)cc1. The van der Waals surface area contributed by atoms with Crippen LogP contribution in [0.5, 0.6) is 0 Å². The molecule has 0 fully saturated rings. The summed E-state index contributed by atoms with van der Waals surface area (Å²) >= 11 is 0. The van der Waals surface area contributed by atoms with Crippen LogP contribution >= 0.6 is 0 Å². The molecule has 3 rings (SSSR count). The molecule has 0 spiro atoms. The van der Waals surface area contributed by atoms with Gasteiger partial charge in [-0.05, 0) is 25.0 Å². The minimum Gasteiger partial charge on any atom is -0.373 e. The summed E-state index contributed by atoms with van der Waals surface area (Å²) in [6, 6.07) is 17.7. The summed E-state index contributed by atoms with van der Waals surface area (Å²) in [5.41, 5.74) is 1.55. The van der Waals surface area contributed by atoms with Gasteiger partial charge in [0.2, 0.25) is 0 Å². The van der Waals surface area contributed by atoms with Crippen LogP contribution in [0.4, 0.5) is 0 Å². The summed E-state index contributed by atoms with van der Waals surface area (Å²) < 4.78 is 1.98. The molecule has 22 heavy (non-hydrogen) atoms. The van der Waals surface area contributed by atoms with E-state index in [9.17, 15) is 5.11 Å². The molecule has 2 aromatic carbocycles. The molecule has 0 amide bonds. The maximum atomic E-state index is 11.6. The lowest BCUT2D eigenvalue weighted by atomic mass is 9.85. The molecule has 1 aromatic heterocycles. The quantitative estimate of drug-likeness (QED) is 0.799. The number of nitrogens with zero attached hydrogens (tertiary/aromatic N) is 2. The third-order valence-electron chi connectivity index (χ3n) is 4.04. The van der Waals surface area contributed by atoms with Crippen LogP contribution in [0.25, 0.3) is 0 Å². The van der Waals surface area contributed by atoms with E-state index in [0.29, 0.717) is 5.82 Å². The van der Waals surface area contributed by atoms with E-state index < -0.39 is 5.60 Å². The standard InChI is InChI=1S/C19H20N2O/c1-3-21-14-13-20-18(21)19(22,16-7-5-4-6-8-16)17-11-9-15(2)10-12-17/h4-14,22H,3H2,1-2H3. The van der Waals surface area contributed by atoms with Crippen LogP contribution in [0, 0.1) is 6.92 Å². The molecule has 0 saturated carbocycles. The molecule has 0 aliphatic carbocycles. The fraction of sp³-hybridized carbons (Fsp3) is 0.211. The lowest BCUT2D eigenvalue weighted by Crippen LogP contribution is -2.32. The third kappa shape index (κ3) is 2.34. The fourth-order valence-electron chi connectivity index (χ4n) is 2.78. The van der Waals surface area contributed by atoms with Gasteiger partial charge in [0.15, 0.2) is 5.60 Å². The van der Waals surface area contributed by atoms with E-state index in [1.54, 1.807) is 6.20 Å². The third-order valence-corrected chi connectivity index (χ3v) is 4.04. The molecule has 112 valence electrons. The van der Waals surface area contributed by atoms with E-state index in [0.717, 1.165) is 23.2 Å². The fourth-order valence-corrected chi connectivity index (χ4v) is 2.78. The summed E-state index contributed by atoms with van der Waals surface area (Å²) in [6.07, 6.45) is 3.64. The Morgan fingerprint density at radius 2 is 1.64 bits per heavy atom. The van der Waals surface area contributed by atoms with Gasteiger partial charge < -0.3 is 9.67 Å². The van der Waals surface area contributed by atoms with Crippen molar-refractivity contribution >= 4 is 0 Å². The molecule has 3 heteroatoms. The highest BCUT2D eigenvalue weighted by Gasteiger charge is 2.37. The largest absolute Gasteiger partial charge is 0.373 e. The predicted molar refractivity (Wildman–Crippen MR) is 87.6 cm³/mol. The highest BCUT2D eigenvalue weighted by Crippen LogP contribution is 2.35. The molecule has 3 aromatic rings. The zero-order valence-electron chi connectivity index (χ0n) is 12.9. The Hall–Kier alpha value is -2.39. The summed E-state index contributed by atoms with van der Waals surface area (Å²) in [5.74, 6) is 0.644. The second kappa shape index (κ2) is 5.78. The number of hydrogen-bond donors (Lipinski definition) is 1. The number of imidazole rings is 1. The van der Waals surface area contributed by atoms with E-state index >= 15 is 0 Å². The Balaban J connectivity index is 2.25. The molecule has 1 atom stereocenters. The molecule has 1 N–H and O–H groups in total. The zero-order chi connectivity index (χ0) is 15.6. The van der Waals surface area contributed by atoms with Crippen molar-refractivity contribution in [2.45, 2.75) is 26.0 Å². The Kier molecular flexibility index (Phi) is 3.82. The monoisotopic (exact) mass is 292 g/mol. The van der Waals surface area contributed by atoms with Gasteiger partial charge >= 0.3 is 0 Å². The Bertz CT molecular complexity index is 747. The molecular formula is C19H20N2O. The van der Waals surface area contributed by atoms with E-state index in [-0.39, 0.29) is 0 Å². The highest BCUT2D eigenvalue weighted by atomic mass is 16.3. The second-order valence-corrected chi connectivity index (χ2v) is 5.48. The van der Waals surface area contributed by atoms with Gasteiger partial charge in [-0.2, -0.15) is 0 Å². The number of rotatable bonds is 4. The summed E-state index contributed by atoms with van der Waals surface area (Å²) in [6.45, 7) is 4.85. The van der Waals surface area contributed by atoms with Crippen LogP contribution in [0.2, 0.25) is 0 Å². The van der Waals surface area contributed by atoms with Crippen molar-refractivity contribution in [3.63, 3.8) is 0 Å². The predicted octanol–water partition coefficient (Wildman–Crippen LogP) is 3.50.